The van der Waals surface area contributed by atoms with E-state index in [1.165, 1.54) is 5.56 Å². The van der Waals surface area contributed by atoms with E-state index in [1.54, 1.807) is 0 Å². The summed E-state index contributed by atoms with van der Waals surface area (Å²) in [4.78, 5) is 26.8. The topological polar surface area (TPSA) is 84.7 Å². The SMILES string of the molecule is Cc1ccc(CNC(=O)C2CCN(C(=O)[C@@H]3CC[C@H](CN)O3)CC2)cc1. The molecule has 0 aromatic heterocycles. The number of ether oxygens (including phenoxy) is 1. The highest BCUT2D eigenvalue weighted by atomic mass is 16.5. The standard InChI is InChI=1S/C20H29N3O3/c1-14-2-4-15(5-3-14)13-22-19(24)16-8-10-23(11-9-16)20(25)18-7-6-17(12-21)26-18/h2-5,16-18H,6-13,21H2,1H3,(H,22,24)/t17-,18+/m1/s1. The van der Waals surface area contributed by atoms with Gasteiger partial charge in [0.1, 0.15) is 6.10 Å². The van der Waals surface area contributed by atoms with Crippen LogP contribution in [0.2, 0.25) is 0 Å². The minimum absolute atomic E-state index is 0.00837. The largest absolute Gasteiger partial charge is 0.364 e. The number of piperidine rings is 1. The molecule has 6 nitrogen and oxygen atoms in total. The average Bonchev–Trinajstić information content (AvgIpc) is 3.16. The fraction of sp³-hybridized carbons (Fsp3) is 0.600. The molecule has 0 saturated carbocycles. The molecule has 2 saturated heterocycles. The van der Waals surface area contributed by atoms with Crippen molar-refractivity contribution in [3.8, 4) is 0 Å². The lowest BCUT2D eigenvalue weighted by molar-refractivity contribution is -0.145. The number of aryl methyl sites for hydroxylation is 1. The van der Waals surface area contributed by atoms with Crippen LogP contribution < -0.4 is 11.1 Å². The minimum atomic E-state index is -0.351. The van der Waals surface area contributed by atoms with Crippen LogP contribution in [0, 0.1) is 12.8 Å². The lowest BCUT2D eigenvalue weighted by atomic mass is 9.95. The predicted octanol–water partition coefficient (Wildman–Crippen LogP) is 1.36. The summed E-state index contributed by atoms with van der Waals surface area (Å²) in [6, 6.07) is 8.16. The highest BCUT2D eigenvalue weighted by molar-refractivity contribution is 5.82. The quantitative estimate of drug-likeness (QED) is 0.831. The van der Waals surface area contributed by atoms with Gasteiger partial charge in [0.05, 0.1) is 6.10 Å². The fourth-order valence-electron chi connectivity index (χ4n) is 3.67. The molecule has 2 heterocycles. The summed E-state index contributed by atoms with van der Waals surface area (Å²) in [5, 5.41) is 3.02. The molecule has 3 rings (SSSR count). The number of nitrogens with two attached hydrogens (primary N) is 1. The Kier molecular flexibility index (Phi) is 6.27. The van der Waals surface area contributed by atoms with E-state index < -0.39 is 0 Å². The van der Waals surface area contributed by atoms with Gasteiger partial charge in [-0.05, 0) is 38.2 Å². The lowest BCUT2D eigenvalue weighted by Crippen LogP contribution is -2.46. The molecule has 2 aliphatic rings. The van der Waals surface area contributed by atoms with Crippen molar-refractivity contribution in [3.05, 3.63) is 35.4 Å². The Balaban J connectivity index is 1.42. The van der Waals surface area contributed by atoms with E-state index in [2.05, 4.69) is 5.32 Å². The third-order valence-electron chi connectivity index (χ3n) is 5.41. The molecule has 142 valence electrons. The van der Waals surface area contributed by atoms with E-state index in [9.17, 15) is 9.59 Å². The van der Waals surface area contributed by atoms with Crippen LogP contribution in [0.3, 0.4) is 0 Å². The van der Waals surface area contributed by atoms with Gasteiger partial charge in [-0.1, -0.05) is 29.8 Å². The van der Waals surface area contributed by atoms with Crippen LogP contribution in [0.15, 0.2) is 24.3 Å². The number of rotatable bonds is 5. The average molecular weight is 359 g/mol. The minimum Gasteiger partial charge on any atom is -0.364 e. The molecule has 26 heavy (non-hydrogen) atoms. The molecule has 1 aromatic rings. The first kappa shape index (κ1) is 18.9. The van der Waals surface area contributed by atoms with Gasteiger partial charge in [-0.3, -0.25) is 9.59 Å². The van der Waals surface area contributed by atoms with Crippen LogP contribution in [0.1, 0.15) is 36.8 Å². The Morgan fingerprint density at radius 1 is 1.15 bits per heavy atom. The van der Waals surface area contributed by atoms with E-state index in [0.717, 1.165) is 18.4 Å². The van der Waals surface area contributed by atoms with Crippen molar-refractivity contribution >= 4 is 11.8 Å². The van der Waals surface area contributed by atoms with E-state index in [1.807, 2.05) is 36.1 Å². The number of hydrogen-bond donors (Lipinski definition) is 2. The van der Waals surface area contributed by atoms with Crippen LogP contribution in [-0.4, -0.2) is 48.6 Å². The maximum atomic E-state index is 12.5. The molecular weight excluding hydrogens is 330 g/mol. The molecule has 0 unspecified atom stereocenters. The summed E-state index contributed by atoms with van der Waals surface area (Å²) >= 11 is 0. The van der Waals surface area contributed by atoms with Gasteiger partial charge in [-0.2, -0.15) is 0 Å². The van der Waals surface area contributed by atoms with Gasteiger partial charge in [0.2, 0.25) is 5.91 Å². The number of benzene rings is 1. The van der Waals surface area contributed by atoms with Gasteiger partial charge >= 0.3 is 0 Å². The summed E-state index contributed by atoms with van der Waals surface area (Å²) in [6.45, 7) is 4.30. The molecule has 2 atom stereocenters. The van der Waals surface area contributed by atoms with Crippen LogP contribution in [-0.2, 0) is 20.9 Å². The van der Waals surface area contributed by atoms with E-state index in [-0.39, 0.29) is 29.9 Å². The first-order chi connectivity index (χ1) is 12.6. The second kappa shape index (κ2) is 8.64. The second-order valence-electron chi connectivity index (χ2n) is 7.36. The smallest absolute Gasteiger partial charge is 0.251 e. The van der Waals surface area contributed by atoms with Gasteiger partial charge < -0.3 is 20.7 Å². The Morgan fingerprint density at radius 3 is 2.46 bits per heavy atom. The Bertz CT molecular complexity index is 624. The molecule has 0 aliphatic carbocycles. The Morgan fingerprint density at radius 2 is 1.85 bits per heavy atom. The highest BCUT2D eigenvalue weighted by Crippen LogP contribution is 2.24. The number of hydrogen-bond acceptors (Lipinski definition) is 4. The van der Waals surface area contributed by atoms with Crippen LogP contribution in [0.25, 0.3) is 0 Å². The normalized spacial score (nSPS) is 23.8. The van der Waals surface area contributed by atoms with E-state index in [4.69, 9.17) is 10.5 Å². The summed E-state index contributed by atoms with van der Waals surface area (Å²) in [5.74, 6) is 0.114. The molecule has 0 bridgehead atoms. The van der Waals surface area contributed by atoms with E-state index in [0.29, 0.717) is 39.0 Å². The molecule has 2 amide bonds. The van der Waals surface area contributed by atoms with Gasteiger partial charge in [0, 0.05) is 32.1 Å². The van der Waals surface area contributed by atoms with Gasteiger partial charge in [0.15, 0.2) is 0 Å². The van der Waals surface area contributed by atoms with Crippen LogP contribution in [0.5, 0.6) is 0 Å². The van der Waals surface area contributed by atoms with Crippen LogP contribution >= 0.6 is 0 Å². The third kappa shape index (κ3) is 4.62. The highest BCUT2D eigenvalue weighted by Gasteiger charge is 2.35. The molecule has 3 N–H and O–H groups in total. The fourth-order valence-corrected chi connectivity index (χ4v) is 3.67. The number of carbonyl (C=O) groups excluding carboxylic acids is 2. The summed E-state index contributed by atoms with van der Waals surface area (Å²) in [5.41, 5.74) is 7.92. The summed E-state index contributed by atoms with van der Waals surface area (Å²) in [7, 11) is 0. The summed E-state index contributed by atoms with van der Waals surface area (Å²) in [6.07, 6.45) is 2.67. The van der Waals surface area contributed by atoms with Crippen molar-refractivity contribution in [1.82, 2.24) is 10.2 Å². The molecule has 2 aliphatic heterocycles. The zero-order valence-electron chi connectivity index (χ0n) is 15.4. The number of carbonyl (C=O) groups is 2. The van der Waals surface area contributed by atoms with Gasteiger partial charge in [0.25, 0.3) is 5.91 Å². The number of nitrogens with zero attached hydrogens (tertiary/aromatic N) is 1. The maximum Gasteiger partial charge on any atom is 0.251 e. The molecule has 6 heteroatoms. The molecule has 2 fully saturated rings. The first-order valence-corrected chi connectivity index (χ1v) is 9.54. The van der Waals surface area contributed by atoms with E-state index >= 15 is 0 Å². The monoisotopic (exact) mass is 359 g/mol. The van der Waals surface area contributed by atoms with Crippen LogP contribution in [0.4, 0.5) is 0 Å². The maximum absolute atomic E-state index is 12.5. The van der Waals surface area contributed by atoms with Crippen molar-refractivity contribution in [3.63, 3.8) is 0 Å². The van der Waals surface area contributed by atoms with Crippen molar-refractivity contribution in [2.75, 3.05) is 19.6 Å². The molecule has 1 aromatic carbocycles. The summed E-state index contributed by atoms with van der Waals surface area (Å²) < 4.78 is 5.70. The van der Waals surface area contributed by atoms with Gasteiger partial charge in [-0.25, -0.2) is 0 Å². The van der Waals surface area contributed by atoms with Gasteiger partial charge in [-0.15, -0.1) is 0 Å². The zero-order valence-corrected chi connectivity index (χ0v) is 15.4. The lowest BCUT2D eigenvalue weighted by Gasteiger charge is -2.32. The number of amides is 2. The second-order valence-corrected chi connectivity index (χ2v) is 7.36. The Labute approximate surface area is 155 Å². The third-order valence-corrected chi connectivity index (χ3v) is 5.41. The Hall–Kier alpha value is -1.92. The molecular formula is C20H29N3O3. The van der Waals surface area contributed by atoms with Crippen molar-refractivity contribution in [2.24, 2.45) is 11.7 Å². The van der Waals surface area contributed by atoms with Crippen molar-refractivity contribution in [1.29, 1.82) is 0 Å². The molecule has 0 spiro atoms. The number of nitrogens with one attached hydrogen (secondary N) is 1. The van der Waals surface area contributed by atoms with Crippen molar-refractivity contribution in [2.45, 2.75) is 51.4 Å². The zero-order chi connectivity index (χ0) is 18.5. The first-order valence-electron chi connectivity index (χ1n) is 9.54. The predicted molar refractivity (Wildman–Crippen MR) is 99.3 cm³/mol. The molecule has 0 radical (unpaired) electrons. The van der Waals surface area contributed by atoms with Crippen molar-refractivity contribution < 1.29 is 14.3 Å². The number of likely N-dealkylation sites (tertiary alicyclic amines) is 1.